The van der Waals surface area contributed by atoms with Crippen LogP contribution in [0.5, 0.6) is 0 Å². The van der Waals surface area contributed by atoms with E-state index in [0.717, 1.165) is 6.20 Å². The van der Waals surface area contributed by atoms with E-state index in [-0.39, 0.29) is 23.3 Å². The Labute approximate surface area is 124 Å². The van der Waals surface area contributed by atoms with Gasteiger partial charge in [0.1, 0.15) is 11.5 Å². The molecule has 0 aliphatic carbocycles. The molecule has 106 valence electrons. The highest BCUT2D eigenvalue weighted by Gasteiger charge is 2.10. The molecule has 0 aliphatic heterocycles. The van der Waals surface area contributed by atoms with E-state index in [1.54, 1.807) is 35.1 Å². The number of halogens is 3. The van der Waals surface area contributed by atoms with Gasteiger partial charge in [-0.05, 0) is 12.1 Å². The molecule has 0 atom stereocenters. The van der Waals surface area contributed by atoms with Gasteiger partial charge in [0, 0.05) is 11.8 Å². The van der Waals surface area contributed by atoms with Crippen molar-refractivity contribution in [3.05, 3.63) is 65.1 Å². The molecule has 0 bridgehead atoms. The Hall–Kier alpha value is -2.34. The van der Waals surface area contributed by atoms with Crippen molar-refractivity contribution < 1.29 is 8.78 Å². The Bertz CT molecular complexity index is 788. The van der Waals surface area contributed by atoms with E-state index in [1.807, 2.05) is 0 Å². The number of aromatic nitrogens is 4. The van der Waals surface area contributed by atoms with E-state index in [9.17, 15) is 8.78 Å². The van der Waals surface area contributed by atoms with Gasteiger partial charge in [-0.15, -0.1) is 0 Å². The van der Waals surface area contributed by atoms with Crippen molar-refractivity contribution in [2.75, 3.05) is 0 Å². The molecule has 0 saturated carbocycles. The highest BCUT2D eigenvalue weighted by molar-refractivity contribution is 6.29. The lowest BCUT2D eigenvalue weighted by Crippen LogP contribution is -2.03. The van der Waals surface area contributed by atoms with Crippen molar-refractivity contribution in [2.45, 2.75) is 6.54 Å². The van der Waals surface area contributed by atoms with Gasteiger partial charge < -0.3 is 0 Å². The minimum Gasteiger partial charge on any atom is -0.267 e. The first-order chi connectivity index (χ1) is 10.1. The SMILES string of the molecule is Fc1ccccc1Cn1ccc(-c2ncc(F)c(Cl)n2)n1. The van der Waals surface area contributed by atoms with Crippen molar-refractivity contribution in [3.63, 3.8) is 0 Å². The zero-order valence-corrected chi connectivity index (χ0v) is 11.4. The minimum atomic E-state index is -0.689. The summed E-state index contributed by atoms with van der Waals surface area (Å²) in [7, 11) is 0. The lowest BCUT2D eigenvalue weighted by Gasteiger charge is -2.03. The molecule has 1 aromatic carbocycles. The lowest BCUT2D eigenvalue weighted by molar-refractivity contribution is 0.585. The molecule has 0 spiro atoms. The van der Waals surface area contributed by atoms with Gasteiger partial charge in [-0.1, -0.05) is 29.8 Å². The molecule has 7 heteroatoms. The molecule has 0 amide bonds. The zero-order chi connectivity index (χ0) is 14.8. The Balaban J connectivity index is 1.86. The first-order valence-electron chi connectivity index (χ1n) is 6.09. The molecule has 0 N–H and O–H groups in total. The van der Waals surface area contributed by atoms with Crippen LogP contribution in [-0.2, 0) is 6.54 Å². The van der Waals surface area contributed by atoms with Gasteiger partial charge in [0.15, 0.2) is 16.8 Å². The largest absolute Gasteiger partial charge is 0.267 e. The van der Waals surface area contributed by atoms with Crippen LogP contribution in [0, 0.1) is 11.6 Å². The Morgan fingerprint density at radius 2 is 1.90 bits per heavy atom. The van der Waals surface area contributed by atoms with Crippen LogP contribution in [0.4, 0.5) is 8.78 Å². The van der Waals surface area contributed by atoms with Gasteiger partial charge in [-0.3, -0.25) is 4.68 Å². The first-order valence-corrected chi connectivity index (χ1v) is 6.46. The monoisotopic (exact) mass is 306 g/mol. The predicted molar refractivity (Wildman–Crippen MR) is 73.7 cm³/mol. The molecule has 3 aromatic rings. The molecule has 0 radical (unpaired) electrons. The summed E-state index contributed by atoms with van der Waals surface area (Å²) < 4.78 is 28.2. The predicted octanol–water partition coefficient (Wildman–Crippen LogP) is 3.32. The molecular formula is C14H9ClF2N4. The summed E-state index contributed by atoms with van der Waals surface area (Å²) in [6, 6.07) is 8.11. The summed E-state index contributed by atoms with van der Waals surface area (Å²) in [5.41, 5.74) is 0.957. The number of nitrogens with zero attached hydrogens (tertiary/aromatic N) is 4. The van der Waals surface area contributed by atoms with Gasteiger partial charge in [-0.25, -0.2) is 18.7 Å². The maximum Gasteiger partial charge on any atom is 0.181 e. The molecule has 21 heavy (non-hydrogen) atoms. The number of hydrogen-bond donors (Lipinski definition) is 0. The summed E-state index contributed by atoms with van der Waals surface area (Å²) in [6.45, 7) is 0.279. The van der Waals surface area contributed by atoms with Crippen LogP contribution in [0.25, 0.3) is 11.5 Å². The molecule has 0 saturated heterocycles. The number of hydrogen-bond acceptors (Lipinski definition) is 3. The topological polar surface area (TPSA) is 43.6 Å². The van der Waals surface area contributed by atoms with E-state index in [0.29, 0.717) is 11.3 Å². The van der Waals surface area contributed by atoms with Gasteiger partial charge in [0.25, 0.3) is 0 Å². The van der Waals surface area contributed by atoms with Gasteiger partial charge in [0.2, 0.25) is 0 Å². The van der Waals surface area contributed by atoms with Crippen LogP contribution in [0.2, 0.25) is 5.15 Å². The molecule has 0 unspecified atom stereocenters. The van der Waals surface area contributed by atoms with Gasteiger partial charge in [0.05, 0.1) is 12.7 Å². The van der Waals surface area contributed by atoms with Crippen LogP contribution in [0.15, 0.2) is 42.7 Å². The van der Waals surface area contributed by atoms with Gasteiger partial charge in [-0.2, -0.15) is 5.10 Å². The van der Waals surface area contributed by atoms with E-state index in [4.69, 9.17) is 11.6 Å². The van der Waals surface area contributed by atoms with Crippen LogP contribution >= 0.6 is 11.6 Å². The van der Waals surface area contributed by atoms with Crippen LogP contribution in [0.3, 0.4) is 0 Å². The summed E-state index contributed by atoms with van der Waals surface area (Å²) in [4.78, 5) is 7.64. The zero-order valence-electron chi connectivity index (χ0n) is 10.7. The van der Waals surface area contributed by atoms with Crippen LogP contribution in [-0.4, -0.2) is 19.7 Å². The van der Waals surface area contributed by atoms with Crippen molar-refractivity contribution >= 4 is 11.6 Å². The third-order valence-corrected chi connectivity index (χ3v) is 3.13. The highest BCUT2D eigenvalue weighted by atomic mass is 35.5. The lowest BCUT2D eigenvalue weighted by atomic mass is 10.2. The van der Waals surface area contributed by atoms with E-state index in [1.165, 1.54) is 6.07 Å². The average molecular weight is 307 g/mol. The molecule has 4 nitrogen and oxygen atoms in total. The molecule has 0 fully saturated rings. The fourth-order valence-electron chi connectivity index (χ4n) is 1.84. The Kier molecular flexibility index (Phi) is 3.62. The van der Waals surface area contributed by atoms with E-state index >= 15 is 0 Å². The molecule has 3 rings (SSSR count). The molecule has 2 heterocycles. The maximum absolute atomic E-state index is 13.6. The van der Waals surface area contributed by atoms with E-state index in [2.05, 4.69) is 15.1 Å². The molecule has 0 aliphatic rings. The number of benzene rings is 1. The Morgan fingerprint density at radius 3 is 2.67 bits per heavy atom. The average Bonchev–Trinajstić information content (AvgIpc) is 2.93. The minimum absolute atomic E-state index is 0.216. The standard InChI is InChI=1S/C14H9ClF2N4/c15-13-11(17)7-18-14(19-13)12-5-6-21(20-12)8-9-3-1-2-4-10(9)16/h1-7H,8H2. The fraction of sp³-hybridized carbons (Fsp3) is 0.0714. The maximum atomic E-state index is 13.6. The second-order valence-electron chi connectivity index (χ2n) is 4.32. The second kappa shape index (κ2) is 5.57. The quantitative estimate of drug-likeness (QED) is 0.697. The van der Waals surface area contributed by atoms with Crippen molar-refractivity contribution in [2.24, 2.45) is 0 Å². The van der Waals surface area contributed by atoms with E-state index < -0.39 is 5.82 Å². The third kappa shape index (κ3) is 2.90. The summed E-state index contributed by atoms with van der Waals surface area (Å²) in [5.74, 6) is -0.768. The van der Waals surface area contributed by atoms with Crippen LogP contribution < -0.4 is 0 Å². The first kappa shape index (κ1) is 13.6. The summed E-state index contributed by atoms with van der Waals surface area (Å²) >= 11 is 5.61. The van der Waals surface area contributed by atoms with Crippen molar-refractivity contribution in [1.82, 2.24) is 19.7 Å². The van der Waals surface area contributed by atoms with Crippen LogP contribution in [0.1, 0.15) is 5.56 Å². The molecular weight excluding hydrogens is 298 g/mol. The fourth-order valence-corrected chi connectivity index (χ4v) is 1.97. The summed E-state index contributed by atoms with van der Waals surface area (Å²) in [5, 5.41) is 3.97. The Morgan fingerprint density at radius 1 is 1.10 bits per heavy atom. The highest BCUT2D eigenvalue weighted by Crippen LogP contribution is 2.17. The van der Waals surface area contributed by atoms with Crippen molar-refractivity contribution in [1.29, 1.82) is 0 Å². The van der Waals surface area contributed by atoms with Gasteiger partial charge >= 0.3 is 0 Å². The number of rotatable bonds is 3. The van der Waals surface area contributed by atoms with Crippen molar-refractivity contribution in [3.8, 4) is 11.5 Å². The molecule has 2 aromatic heterocycles. The smallest absolute Gasteiger partial charge is 0.181 e. The summed E-state index contributed by atoms with van der Waals surface area (Å²) in [6.07, 6.45) is 2.66. The second-order valence-corrected chi connectivity index (χ2v) is 4.68. The normalized spacial score (nSPS) is 10.8. The third-order valence-electron chi connectivity index (χ3n) is 2.86.